The fourth-order valence-corrected chi connectivity index (χ4v) is 9.40. The second kappa shape index (κ2) is 15.1. The summed E-state index contributed by atoms with van der Waals surface area (Å²) in [5.74, 6) is -3.46. The van der Waals surface area contributed by atoms with Crippen molar-refractivity contribution in [2.75, 3.05) is 26.7 Å². The van der Waals surface area contributed by atoms with Crippen LogP contribution in [-0.2, 0) is 28.7 Å². The molecule has 1 aromatic carbocycles. The molecule has 3 heterocycles. The molecule has 0 aliphatic carbocycles. The molecule has 4 rings (SSSR count). The molecule has 3 saturated heterocycles. The van der Waals surface area contributed by atoms with Crippen molar-refractivity contribution in [1.82, 2.24) is 14.7 Å². The molecular formula is C38H54BrN3O7. The quantitative estimate of drug-likeness (QED) is 0.152. The fourth-order valence-electron chi connectivity index (χ4n) is 8.46. The molecule has 2 bridgehead atoms. The maximum absolute atomic E-state index is 14.8. The van der Waals surface area contributed by atoms with Crippen LogP contribution in [0.1, 0.15) is 78.9 Å². The highest BCUT2D eigenvalue weighted by Crippen LogP contribution is 2.60. The summed E-state index contributed by atoms with van der Waals surface area (Å²) in [5.41, 5.74) is -1.32. The van der Waals surface area contributed by atoms with Crippen molar-refractivity contribution < 1.29 is 33.8 Å². The van der Waals surface area contributed by atoms with E-state index in [-0.39, 0.29) is 48.2 Å². The van der Waals surface area contributed by atoms with Gasteiger partial charge in [-0.2, -0.15) is 0 Å². The number of carbonyl (C=O) groups is 4. The van der Waals surface area contributed by atoms with Gasteiger partial charge < -0.3 is 29.3 Å². The van der Waals surface area contributed by atoms with E-state index in [1.807, 2.05) is 51.1 Å². The van der Waals surface area contributed by atoms with E-state index in [9.17, 15) is 24.3 Å². The predicted octanol–water partition coefficient (Wildman–Crippen LogP) is 5.05. The molecule has 3 aliphatic rings. The largest absolute Gasteiger partial charge is 0.455 e. The second-order valence-electron chi connectivity index (χ2n) is 15.5. The van der Waals surface area contributed by atoms with E-state index in [1.165, 1.54) is 4.90 Å². The van der Waals surface area contributed by atoms with Crippen molar-refractivity contribution in [3.63, 3.8) is 0 Å². The summed E-state index contributed by atoms with van der Waals surface area (Å²) in [6.45, 7) is 19.6. The minimum absolute atomic E-state index is 0.0842. The highest BCUT2D eigenvalue weighted by molar-refractivity contribution is 9.09. The number of allylic oxidation sites excluding steroid dienone is 1. The molecule has 3 aliphatic heterocycles. The van der Waals surface area contributed by atoms with Crippen LogP contribution < -0.4 is 0 Å². The Balaban J connectivity index is 1.72. The van der Waals surface area contributed by atoms with Gasteiger partial charge in [-0.1, -0.05) is 79.2 Å². The number of likely N-dealkylation sites (N-methyl/N-ethyl adjacent to an activating group) is 1. The molecule has 3 amide bonds. The van der Waals surface area contributed by atoms with Crippen LogP contribution >= 0.6 is 15.9 Å². The van der Waals surface area contributed by atoms with Crippen LogP contribution in [0.25, 0.3) is 0 Å². The molecule has 1 spiro atoms. The van der Waals surface area contributed by atoms with Crippen molar-refractivity contribution in [2.45, 2.75) is 107 Å². The summed E-state index contributed by atoms with van der Waals surface area (Å²) in [4.78, 5) is 61.1. The lowest BCUT2D eigenvalue weighted by molar-refractivity contribution is -0.164. The minimum Gasteiger partial charge on any atom is -0.455 e. The first-order chi connectivity index (χ1) is 23.0. The van der Waals surface area contributed by atoms with E-state index in [2.05, 4.69) is 49.9 Å². The third kappa shape index (κ3) is 7.54. The van der Waals surface area contributed by atoms with Crippen LogP contribution in [0.5, 0.6) is 0 Å². The Morgan fingerprint density at radius 2 is 1.82 bits per heavy atom. The number of benzene rings is 1. The van der Waals surface area contributed by atoms with Gasteiger partial charge in [0.05, 0.1) is 30.6 Å². The number of halogens is 1. The molecule has 1 unspecified atom stereocenters. The summed E-state index contributed by atoms with van der Waals surface area (Å²) >= 11 is 3.73. The number of ether oxygens (including phenoxy) is 2. The maximum Gasteiger partial charge on any atom is 0.313 e. The second-order valence-corrected chi connectivity index (χ2v) is 16.7. The summed E-state index contributed by atoms with van der Waals surface area (Å²) in [7, 11) is 1.68. The highest BCUT2D eigenvalue weighted by atomic mass is 79.9. The summed E-state index contributed by atoms with van der Waals surface area (Å²) in [6, 6.07) is 7.63. The topological polar surface area (TPSA) is 117 Å². The molecule has 1 N–H and O–H groups in total. The molecule has 8 atom stereocenters. The molecular weight excluding hydrogens is 690 g/mol. The summed E-state index contributed by atoms with van der Waals surface area (Å²) in [6.07, 6.45) is 3.61. The molecule has 11 heteroatoms. The monoisotopic (exact) mass is 743 g/mol. The van der Waals surface area contributed by atoms with Gasteiger partial charge in [-0.25, -0.2) is 0 Å². The van der Waals surface area contributed by atoms with Gasteiger partial charge in [0.1, 0.15) is 17.7 Å². The number of aliphatic hydroxyl groups excluding tert-OH is 1. The number of fused-ring (bicyclic) bond motifs is 1. The van der Waals surface area contributed by atoms with E-state index in [0.717, 1.165) is 0 Å². The molecule has 0 saturated carbocycles. The number of hydrogen-bond donors (Lipinski definition) is 1. The van der Waals surface area contributed by atoms with Gasteiger partial charge in [-0.3, -0.25) is 19.2 Å². The zero-order valence-electron chi connectivity index (χ0n) is 30.1. The number of rotatable bonds is 15. The van der Waals surface area contributed by atoms with Gasteiger partial charge in [0.15, 0.2) is 0 Å². The predicted molar refractivity (Wildman–Crippen MR) is 192 cm³/mol. The van der Waals surface area contributed by atoms with Crippen LogP contribution in [0.4, 0.5) is 0 Å². The Morgan fingerprint density at radius 1 is 1.16 bits per heavy atom. The van der Waals surface area contributed by atoms with E-state index >= 15 is 0 Å². The van der Waals surface area contributed by atoms with Crippen molar-refractivity contribution in [2.24, 2.45) is 17.3 Å². The van der Waals surface area contributed by atoms with Gasteiger partial charge >= 0.3 is 5.97 Å². The van der Waals surface area contributed by atoms with Crippen molar-refractivity contribution in [3.05, 3.63) is 61.2 Å². The standard InChI is InChI=1S/C38H54BrN3O7/c1-10-12-18-27(44)40(9)24(3)30(25-16-14-13-15-17-25)48-35(47)28-29-33(45)41(20-21-43)32(38(29)22-26(39)31(28)49-38)34(46)42(19-11-2)37(7,8)23-36(4,5)6/h10-11,13-17,24,26,28-32,43H,1-2,12,18-23H2,3-9H3/t24-,26?,28-,29+,30+,31-,32-,38+/m0/s1. The first-order valence-corrected chi connectivity index (χ1v) is 18.1. The van der Waals surface area contributed by atoms with Crippen molar-refractivity contribution >= 4 is 39.6 Å². The normalized spacial score (nSPS) is 27.3. The van der Waals surface area contributed by atoms with Crippen molar-refractivity contribution in [1.29, 1.82) is 0 Å². The van der Waals surface area contributed by atoms with E-state index in [1.54, 1.807) is 29.0 Å². The van der Waals surface area contributed by atoms with Gasteiger partial charge in [0, 0.05) is 36.9 Å². The highest BCUT2D eigenvalue weighted by Gasteiger charge is 2.77. The minimum atomic E-state index is -1.31. The molecule has 10 nitrogen and oxygen atoms in total. The summed E-state index contributed by atoms with van der Waals surface area (Å²) < 4.78 is 13.0. The fraction of sp³-hybridized carbons (Fsp3) is 0.632. The van der Waals surface area contributed by atoms with Gasteiger partial charge in [0.2, 0.25) is 17.7 Å². The Labute approximate surface area is 300 Å². The molecule has 1 aromatic rings. The van der Waals surface area contributed by atoms with E-state index in [0.29, 0.717) is 24.8 Å². The number of hydrogen-bond acceptors (Lipinski definition) is 7. The molecule has 3 fully saturated rings. The van der Waals surface area contributed by atoms with Gasteiger partial charge in [-0.05, 0) is 51.0 Å². The zero-order chi connectivity index (χ0) is 36.5. The average Bonchev–Trinajstić information content (AvgIpc) is 3.62. The van der Waals surface area contributed by atoms with Crippen LogP contribution in [0.3, 0.4) is 0 Å². The number of esters is 1. The maximum atomic E-state index is 14.8. The Morgan fingerprint density at radius 3 is 2.39 bits per heavy atom. The third-order valence-corrected chi connectivity index (χ3v) is 11.1. The third-order valence-electron chi connectivity index (χ3n) is 10.3. The number of alkyl halides is 1. The van der Waals surface area contributed by atoms with E-state index in [4.69, 9.17) is 9.47 Å². The number of nitrogens with zero attached hydrogens (tertiary/aromatic N) is 3. The van der Waals surface area contributed by atoms with Crippen molar-refractivity contribution in [3.8, 4) is 0 Å². The smallest absolute Gasteiger partial charge is 0.313 e. The Bertz CT molecular complexity index is 1410. The first-order valence-electron chi connectivity index (χ1n) is 17.2. The van der Waals surface area contributed by atoms with Gasteiger partial charge in [0.25, 0.3) is 0 Å². The van der Waals surface area contributed by atoms with E-state index < -0.39 is 59.1 Å². The summed E-state index contributed by atoms with van der Waals surface area (Å²) in [5, 5.41) is 10.1. The lowest BCUT2D eigenvalue weighted by Crippen LogP contribution is -2.61. The van der Waals surface area contributed by atoms with Crippen LogP contribution in [0.15, 0.2) is 55.6 Å². The van der Waals surface area contributed by atoms with Crippen LogP contribution in [0.2, 0.25) is 0 Å². The average molecular weight is 745 g/mol. The Hall–Kier alpha value is -3.02. The number of β-amino-alcohol motifs (C(OH)–C–C–N with tert-alkyl or cyclic N) is 1. The molecule has 0 radical (unpaired) electrons. The molecule has 49 heavy (non-hydrogen) atoms. The molecule has 0 aromatic heterocycles. The first kappa shape index (κ1) is 38.8. The number of carbonyl (C=O) groups excluding carboxylic acids is 4. The van der Waals surface area contributed by atoms with Gasteiger partial charge in [-0.15, -0.1) is 13.2 Å². The SMILES string of the molecule is C=CCCC(=O)N(C)[C@@H](C)[C@@H](OC(=O)[C@@H]1[C@H]2O[C@@]3(CC2Br)[C@H](C(=O)N(CC=C)C(C)(C)CC(C)(C)C)N(CCO)C(=O)[C@@H]13)c1ccccc1. The lowest BCUT2D eigenvalue weighted by Gasteiger charge is -2.45. The van der Waals surface area contributed by atoms with Crippen LogP contribution in [-0.4, -0.2) is 104 Å². The number of likely N-dealkylation sites (tertiary alicyclic amines) is 1. The zero-order valence-corrected chi connectivity index (χ0v) is 31.6. The number of aliphatic hydroxyl groups is 1. The Kier molecular flexibility index (Phi) is 11.9. The van der Waals surface area contributed by atoms with Crippen LogP contribution in [0, 0.1) is 17.3 Å². The number of amides is 3. The lowest BCUT2D eigenvalue weighted by atomic mass is 9.70. The molecule has 270 valence electrons.